The van der Waals surface area contributed by atoms with Gasteiger partial charge in [-0.2, -0.15) is 0 Å². The first-order chi connectivity index (χ1) is 10.0. The van der Waals surface area contributed by atoms with E-state index in [9.17, 15) is 4.79 Å². The Bertz CT molecular complexity index is 488. The standard InChI is InChI=1S/C15H21ClN2O3/c1-10(2)21-14-4-3-11(7-13(14)16)18-15(19)8-12-9-17-5-6-20-12/h3-4,7,10,12,17H,5-6,8-9H2,1-2H3,(H,18,19)/t12-/m1/s1. The van der Waals surface area contributed by atoms with Crippen molar-refractivity contribution < 1.29 is 14.3 Å². The number of morpholine rings is 1. The molecular weight excluding hydrogens is 292 g/mol. The highest BCUT2D eigenvalue weighted by molar-refractivity contribution is 6.32. The van der Waals surface area contributed by atoms with Gasteiger partial charge < -0.3 is 20.1 Å². The van der Waals surface area contributed by atoms with Crippen molar-refractivity contribution in [2.75, 3.05) is 25.0 Å². The number of amides is 1. The summed E-state index contributed by atoms with van der Waals surface area (Å²) in [6.07, 6.45) is 0.311. The van der Waals surface area contributed by atoms with Crippen molar-refractivity contribution in [3.63, 3.8) is 0 Å². The van der Waals surface area contributed by atoms with Gasteiger partial charge in [0.2, 0.25) is 5.91 Å². The van der Waals surface area contributed by atoms with Gasteiger partial charge in [-0.15, -0.1) is 0 Å². The lowest BCUT2D eigenvalue weighted by Gasteiger charge is -2.23. The van der Waals surface area contributed by atoms with Crippen molar-refractivity contribution >= 4 is 23.2 Å². The van der Waals surface area contributed by atoms with Gasteiger partial charge in [0, 0.05) is 18.8 Å². The van der Waals surface area contributed by atoms with Gasteiger partial charge in [0.15, 0.2) is 0 Å². The molecule has 0 radical (unpaired) electrons. The summed E-state index contributed by atoms with van der Waals surface area (Å²) in [5.74, 6) is 0.529. The highest BCUT2D eigenvalue weighted by Crippen LogP contribution is 2.28. The van der Waals surface area contributed by atoms with Crippen molar-refractivity contribution in [3.05, 3.63) is 23.2 Å². The van der Waals surface area contributed by atoms with Gasteiger partial charge in [-0.1, -0.05) is 11.6 Å². The maximum Gasteiger partial charge on any atom is 0.227 e. The van der Waals surface area contributed by atoms with E-state index in [1.54, 1.807) is 18.2 Å². The molecule has 1 fully saturated rings. The van der Waals surface area contributed by atoms with E-state index in [0.717, 1.165) is 6.54 Å². The third-order valence-corrected chi connectivity index (χ3v) is 3.29. The first-order valence-corrected chi connectivity index (χ1v) is 7.51. The Hall–Kier alpha value is -1.30. The lowest BCUT2D eigenvalue weighted by Crippen LogP contribution is -2.40. The van der Waals surface area contributed by atoms with E-state index in [1.165, 1.54) is 0 Å². The second-order valence-corrected chi connectivity index (χ2v) is 5.67. The van der Waals surface area contributed by atoms with Gasteiger partial charge in [-0.3, -0.25) is 4.79 Å². The average Bonchev–Trinajstić information content (AvgIpc) is 2.42. The number of ether oxygens (including phenoxy) is 2. The van der Waals surface area contributed by atoms with Crippen LogP contribution in [0.1, 0.15) is 20.3 Å². The van der Waals surface area contributed by atoms with E-state index in [0.29, 0.717) is 36.0 Å². The zero-order valence-corrected chi connectivity index (χ0v) is 13.1. The molecule has 1 amide bonds. The monoisotopic (exact) mass is 312 g/mol. The number of hydrogen-bond acceptors (Lipinski definition) is 4. The minimum absolute atomic E-state index is 0.0545. The normalized spacial score (nSPS) is 18.6. The number of hydrogen-bond donors (Lipinski definition) is 2. The number of carbonyl (C=O) groups excluding carboxylic acids is 1. The SMILES string of the molecule is CC(C)Oc1ccc(NC(=O)C[C@@H]2CNCCO2)cc1Cl. The molecule has 0 unspecified atom stereocenters. The molecule has 1 aliphatic rings. The third-order valence-electron chi connectivity index (χ3n) is 3.00. The van der Waals surface area contributed by atoms with Crippen LogP contribution >= 0.6 is 11.6 Å². The van der Waals surface area contributed by atoms with Crippen molar-refractivity contribution in [2.24, 2.45) is 0 Å². The molecule has 1 saturated heterocycles. The van der Waals surface area contributed by atoms with Gasteiger partial charge >= 0.3 is 0 Å². The van der Waals surface area contributed by atoms with Crippen molar-refractivity contribution in [3.8, 4) is 5.75 Å². The molecule has 0 saturated carbocycles. The van der Waals surface area contributed by atoms with Crippen LogP contribution in [-0.4, -0.2) is 37.8 Å². The van der Waals surface area contributed by atoms with Crippen LogP contribution in [0.5, 0.6) is 5.75 Å². The molecule has 1 aromatic carbocycles. The zero-order chi connectivity index (χ0) is 15.2. The highest BCUT2D eigenvalue weighted by atomic mass is 35.5. The first kappa shape index (κ1) is 16.1. The fraction of sp³-hybridized carbons (Fsp3) is 0.533. The topological polar surface area (TPSA) is 59.6 Å². The van der Waals surface area contributed by atoms with Gasteiger partial charge in [0.05, 0.1) is 30.3 Å². The molecule has 0 bridgehead atoms. The molecule has 116 valence electrons. The largest absolute Gasteiger partial charge is 0.489 e. The highest BCUT2D eigenvalue weighted by Gasteiger charge is 2.17. The summed E-state index contributed by atoms with van der Waals surface area (Å²) in [7, 11) is 0. The minimum atomic E-state index is -0.0858. The Labute approximate surface area is 130 Å². The van der Waals surface area contributed by atoms with Gasteiger partial charge in [-0.25, -0.2) is 0 Å². The number of anilines is 1. The molecule has 6 heteroatoms. The van der Waals surface area contributed by atoms with Crippen LogP contribution in [-0.2, 0) is 9.53 Å². The Morgan fingerprint density at radius 2 is 2.38 bits per heavy atom. The molecule has 1 aliphatic heterocycles. The molecule has 2 N–H and O–H groups in total. The number of benzene rings is 1. The predicted octanol–water partition coefficient (Wildman–Crippen LogP) is 2.44. The molecule has 5 nitrogen and oxygen atoms in total. The predicted molar refractivity (Wildman–Crippen MR) is 83.1 cm³/mol. The van der Waals surface area contributed by atoms with E-state index < -0.39 is 0 Å². The van der Waals surface area contributed by atoms with Crippen LogP contribution in [0.15, 0.2) is 18.2 Å². The Balaban J connectivity index is 1.89. The fourth-order valence-corrected chi connectivity index (χ4v) is 2.32. The van der Waals surface area contributed by atoms with Crippen LogP contribution in [0.3, 0.4) is 0 Å². The van der Waals surface area contributed by atoms with Crippen LogP contribution in [0, 0.1) is 0 Å². The average molecular weight is 313 g/mol. The summed E-state index contributed by atoms with van der Waals surface area (Å²) < 4.78 is 11.1. The lowest BCUT2D eigenvalue weighted by atomic mass is 10.2. The van der Waals surface area contributed by atoms with Crippen LogP contribution in [0.2, 0.25) is 5.02 Å². The van der Waals surface area contributed by atoms with Crippen LogP contribution in [0.25, 0.3) is 0 Å². The second-order valence-electron chi connectivity index (χ2n) is 5.26. The molecule has 1 aromatic rings. The molecular formula is C15H21ClN2O3. The van der Waals surface area contributed by atoms with E-state index in [1.807, 2.05) is 13.8 Å². The Kier molecular flexibility index (Phi) is 5.85. The molecule has 1 atom stereocenters. The number of nitrogens with one attached hydrogen (secondary N) is 2. The van der Waals surface area contributed by atoms with Gasteiger partial charge in [0.1, 0.15) is 5.75 Å². The van der Waals surface area contributed by atoms with Gasteiger partial charge in [0.25, 0.3) is 0 Å². The second kappa shape index (κ2) is 7.64. The summed E-state index contributed by atoms with van der Waals surface area (Å²) in [6, 6.07) is 5.23. The Morgan fingerprint density at radius 1 is 1.57 bits per heavy atom. The molecule has 0 spiro atoms. The third kappa shape index (κ3) is 5.19. The van der Waals surface area contributed by atoms with Crippen molar-refractivity contribution in [2.45, 2.75) is 32.5 Å². The molecule has 21 heavy (non-hydrogen) atoms. The van der Waals surface area contributed by atoms with E-state index in [-0.39, 0.29) is 18.1 Å². The minimum Gasteiger partial charge on any atom is -0.489 e. The molecule has 1 heterocycles. The van der Waals surface area contributed by atoms with Crippen molar-refractivity contribution in [1.82, 2.24) is 5.32 Å². The maximum absolute atomic E-state index is 12.0. The molecule has 0 aromatic heterocycles. The number of carbonyl (C=O) groups is 1. The summed E-state index contributed by atoms with van der Waals surface area (Å²) in [5, 5.41) is 6.50. The number of halogens is 1. The van der Waals surface area contributed by atoms with Crippen LogP contribution in [0.4, 0.5) is 5.69 Å². The summed E-state index contributed by atoms with van der Waals surface area (Å²) in [6.45, 7) is 6.06. The Morgan fingerprint density at radius 3 is 3.00 bits per heavy atom. The van der Waals surface area contributed by atoms with E-state index in [2.05, 4.69) is 10.6 Å². The lowest BCUT2D eigenvalue weighted by molar-refractivity contribution is -0.119. The zero-order valence-electron chi connectivity index (χ0n) is 12.3. The van der Waals surface area contributed by atoms with E-state index >= 15 is 0 Å². The molecule has 0 aliphatic carbocycles. The van der Waals surface area contributed by atoms with Crippen LogP contribution < -0.4 is 15.4 Å². The molecule has 2 rings (SSSR count). The summed E-state index contributed by atoms with van der Waals surface area (Å²) in [4.78, 5) is 12.0. The van der Waals surface area contributed by atoms with Gasteiger partial charge in [-0.05, 0) is 32.0 Å². The van der Waals surface area contributed by atoms with E-state index in [4.69, 9.17) is 21.1 Å². The quantitative estimate of drug-likeness (QED) is 0.877. The first-order valence-electron chi connectivity index (χ1n) is 7.13. The summed E-state index contributed by atoms with van der Waals surface area (Å²) in [5.41, 5.74) is 0.657. The maximum atomic E-state index is 12.0. The summed E-state index contributed by atoms with van der Waals surface area (Å²) >= 11 is 6.14. The fourth-order valence-electron chi connectivity index (χ4n) is 2.10. The smallest absolute Gasteiger partial charge is 0.227 e. The number of rotatable bonds is 5. The van der Waals surface area contributed by atoms with Crippen molar-refractivity contribution in [1.29, 1.82) is 0 Å².